The first-order valence-electron chi connectivity index (χ1n) is 6.28. The topological polar surface area (TPSA) is 35.2 Å². The molecule has 0 heterocycles. The van der Waals surface area contributed by atoms with E-state index >= 15 is 0 Å². The Morgan fingerprint density at radius 3 is 2.19 bits per heavy atom. The Bertz CT molecular complexity index is 193. The summed E-state index contributed by atoms with van der Waals surface area (Å²) < 4.78 is 5.76. The Kier molecular flexibility index (Phi) is 6.73. The fraction of sp³-hybridized carbons (Fsp3) is 1.00. The summed E-state index contributed by atoms with van der Waals surface area (Å²) in [6.07, 6.45) is 2.05. The molecule has 0 saturated heterocycles. The molecule has 0 aliphatic rings. The zero-order valence-electron chi connectivity index (χ0n) is 11.8. The maximum absolute atomic E-state index is 5.83. The summed E-state index contributed by atoms with van der Waals surface area (Å²) in [5, 5.41) is 0.140. The van der Waals surface area contributed by atoms with Gasteiger partial charge in [0.05, 0.1) is 7.17 Å². The molecule has 0 fully saturated rings. The second-order valence-electron chi connectivity index (χ2n) is 5.96. The molecule has 0 saturated carbocycles. The summed E-state index contributed by atoms with van der Waals surface area (Å²) in [6, 6.07) is 0.235. The van der Waals surface area contributed by atoms with Crippen molar-refractivity contribution < 1.29 is 4.74 Å². The minimum absolute atomic E-state index is 0.140. The van der Waals surface area contributed by atoms with Crippen LogP contribution in [0.4, 0.5) is 0 Å². The predicted molar refractivity (Wildman–Crippen MR) is 74.1 cm³/mol. The molecule has 4 heteroatoms. The van der Waals surface area contributed by atoms with Gasteiger partial charge in [-0.15, -0.1) is 0 Å². The molecule has 16 heavy (non-hydrogen) atoms. The lowest BCUT2D eigenvalue weighted by Gasteiger charge is -2.31. The molecule has 0 spiro atoms. The van der Waals surface area contributed by atoms with Crippen molar-refractivity contribution in [1.29, 1.82) is 0 Å². The molecule has 0 bridgehead atoms. The van der Waals surface area contributed by atoms with Crippen LogP contribution in [0.1, 0.15) is 54.4 Å². The summed E-state index contributed by atoms with van der Waals surface area (Å²) in [6.45, 7) is 13.6. The molecule has 2 radical (unpaired) electrons. The predicted octanol–water partition coefficient (Wildman–Crippen LogP) is 2.41. The highest BCUT2D eigenvalue weighted by molar-refractivity contribution is 7.03. The molecule has 0 aromatic heterocycles. The lowest BCUT2D eigenvalue weighted by molar-refractivity contribution is 0.0449. The minimum Gasteiger partial charge on any atom is -0.385 e. The molecule has 1 atom stereocenters. The molecule has 0 rings (SSSR count). The first kappa shape index (κ1) is 16.0. The zero-order valence-corrected chi connectivity index (χ0v) is 11.8. The van der Waals surface area contributed by atoms with Gasteiger partial charge in [0.2, 0.25) is 0 Å². The van der Waals surface area contributed by atoms with E-state index in [2.05, 4.69) is 49.0 Å². The highest BCUT2D eigenvalue weighted by Gasteiger charge is 2.27. The SMILES string of the molecule is CCCOC(C)(C)[B][B]C(C)(C)CC(C)N. The third-order valence-electron chi connectivity index (χ3n) is 2.46. The summed E-state index contributed by atoms with van der Waals surface area (Å²) in [7, 11) is 4.39. The van der Waals surface area contributed by atoms with Crippen molar-refractivity contribution in [1.82, 2.24) is 0 Å². The summed E-state index contributed by atoms with van der Waals surface area (Å²) >= 11 is 0. The Morgan fingerprint density at radius 1 is 1.19 bits per heavy atom. The van der Waals surface area contributed by atoms with Crippen LogP contribution in [0.3, 0.4) is 0 Å². The molecular weight excluding hydrogens is 196 g/mol. The van der Waals surface area contributed by atoms with Gasteiger partial charge >= 0.3 is 0 Å². The third kappa shape index (κ3) is 8.23. The maximum atomic E-state index is 5.83. The van der Waals surface area contributed by atoms with Crippen molar-refractivity contribution >= 4 is 14.3 Å². The van der Waals surface area contributed by atoms with E-state index in [1.54, 1.807) is 0 Å². The van der Waals surface area contributed by atoms with Crippen LogP contribution in [0.5, 0.6) is 0 Å². The van der Waals surface area contributed by atoms with Crippen molar-refractivity contribution in [3.8, 4) is 0 Å². The standard InChI is InChI=1S/C12H27B2NO/c1-7-8-16-12(5,6)14-13-11(3,4)9-10(2)15/h10H,7-9,15H2,1-6H3. The first-order valence-corrected chi connectivity index (χ1v) is 6.28. The van der Waals surface area contributed by atoms with Gasteiger partial charge in [0.25, 0.3) is 0 Å². The summed E-state index contributed by atoms with van der Waals surface area (Å²) in [5.74, 6) is 0. The van der Waals surface area contributed by atoms with Crippen LogP contribution in [-0.2, 0) is 4.74 Å². The normalized spacial score (nSPS) is 14.7. The molecule has 0 aliphatic carbocycles. The molecule has 92 valence electrons. The molecule has 0 aliphatic heterocycles. The van der Waals surface area contributed by atoms with E-state index < -0.39 is 0 Å². The lowest BCUT2D eigenvalue weighted by Crippen LogP contribution is -2.40. The van der Waals surface area contributed by atoms with Gasteiger partial charge in [-0.25, -0.2) is 0 Å². The van der Waals surface area contributed by atoms with Gasteiger partial charge in [-0.1, -0.05) is 26.1 Å². The molecule has 0 aromatic rings. The number of hydrogen-bond donors (Lipinski definition) is 1. The largest absolute Gasteiger partial charge is 0.385 e. The van der Waals surface area contributed by atoms with E-state index in [0.717, 1.165) is 19.4 Å². The fourth-order valence-electron chi connectivity index (χ4n) is 1.74. The van der Waals surface area contributed by atoms with E-state index in [9.17, 15) is 0 Å². The maximum Gasteiger partial charge on any atom is 0.109 e. The molecule has 1 unspecified atom stereocenters. The van der Waals surface area contributed by atoms with Crippen LogP contribution in [0.15, 0.2) is 0 Å². The molecular formula is C12H27B2NO. The highest BCUT2D eigenvalue weighted by atomic mass is 16.5. The van der Waals surface area contributed by atoms with Crippen LogP contribution in [0, 0.1) is 0 Å². The van der Waals surface area contributed by atoms with E-state index in [-0.39, 0.29) is 16.9 Å². The summed E-state index contributed by atoms with van der Waals surface area (Å²) in [4.78, 5) is 0. The average molecular weight is 223 g/mol. The van der Waals surface area contributed by atoms with Gasteiger partial charge < -0.3 is 10.5 Å². The number of hydrogen-bond acceptors (Lipinski definition) is 2. The van der Waals surface area contributed by atoms with Crippen LogP contribution in [0.2, 0.25) is 5.31 Å². The third-order valence-corrected chi connectivity index (χ3v) is 2.46. The molecule has 0 amide bonds. The van der Waals surface area contributed by atoms with Gasteiger partial charge in [-0.2, -0.15) is 0 Å². The summed E-state index contributed by atoms with van der Waals surface area (Å²) in [5.41, 5.74) is 5.66. The monoisotopic (exact) mass is 223 g/mol. The lowest BCUT2D eigenvalue weighted by atomic mass is 9.24. The number of rotatable bonds is 8. The number of nitrogens with two attached hydrogens (primary N) is 1. The highest BCUT2D eigenvalue weighted by Crippen LogP contribution is 2.29. The average Bonchev–Trinajstić information content (AvgIpc) is 2.10. The van der Waals surface area contributed by atoms with E-state index in [0.29, 0.717) is 0 Å². The van der Waals surface area contributed by atoms with Crippen LogP contribution >= 0.6 is 0 Å². The second kappa shape index (κ2) is 6.70. The first-order chi connectivity index (χ1) is 7.18. The van der Waals surface area contributed by atoms with E-state index in [1.165, 1.54) is 0 Å². The smallest absolute Gasteiger partial charge is 0.109 e. The quantitative estimate of drug-likeness (QED) is 0.641. The fourth-order valence-corrected chi connectivity index (χ4v) is 1.74. The molecule has 2 N–H and O–H groups in total. The zero-order chi connectivity index (χ0) is 12.8. The van der Waals surface area contributed by atoms with E-state index in [1.807, 2.05) is 6.92 Å². The van der Waals surface area contributed by atoms with Crippen molar-refractivity contribution in [3.63, 3.8) is 0 Å². The second-order valence-corrected chi connectivity index (χ2v) is 5.96. The molecule has 0 aromatic carbocycles. The van der Waals surface area contributed by atoms with Gasteiger partial charge in [-0.05, 0) is 33.6 Å². The van der Waals surface area contributed by atoms with Crippen LogP contribution in [-0.4, -0.2) is 32.5 Å². The van der Waals surface area contributed by atoms with Crippen LogP contribution < -0.4 is 5.73 Å². The van der Waals surface area contributed by atoms with Crippen molar-refractivity contribution in [2.75, 3.05) is 6.61 Å². The van der Waals surface area contributed by atoms with Gasteiger partial charge in [-0.3, -0.25) is 0 Å². The van der Waals surface area contributed by atoms with Gasteiger partial charge in [0.1, 0.15) is 7.17 Å². The molecule has 2 nitrogen and oxygen atoms in total. The Balaban J connectivity index is 4.01. The Labute approximate surface area is 103 Å². The van der Waals surface area contributed by atoms with E-state index in [4.69, 9.17) is 10.5 Å². The van der Waals surface area contributed by atoms with Gasteiger partial charge in [0, 0.05) is 18.1 Å². The Hall–Kier alpha value is 0.0499. The van der Waals surface area contributed by atoms with Gasteiger partial charge in [0.15, 0.2) is 0 Å². The van der Waals surface area contributed by atoms with Crippen molar-refractivity contribution in [2.24, 2.45) is 5.73 Å². The van der Waals surface area contributed by atoms with Crippen molar-refractivity contribution in [2.45, 2.75) is 71.2 Å². The van der Waals surface area contributed by atoms with Crippen molar-refractivity contribution in [3.05, 3.63) is 0 Å². The van der Waals surface area contributed by atoms with Crippen LogP contribution in [0.25, 0.3) is 0 Å². The minimum atomic E-state index is -0.175. The Morgan fingerprint density at radius 2 is 1.75 bits per heavy atom. The number of ether oxygens (including phenoxy) is 1.